The van der Waals surface area contributed by atoms with Gasteiger partial charge in [0, 0.05) is 24.8 Å². The van der Waals surface area contributed by atoms with E-state index in [1.54, 1.807) is 0 Å². The highest BCUT2D eigenvalue weighted by Gasteiger charge is 2.53. The first-order chi connectivity index (χ1) is 15.5. The zero-order valence-electron chi connectivity index (χ0n) is 17.4. The maximum atomic E-state index is 12.7. The Kier molecular flexibility index (Phi) is 11.6. The van der Waals surface area contributed by atoms with Crippen LogP contribution in [0, 0.1) is 0 Å². The van der Waals surface area contributed by atoms with Gasteiger partial charge < -0.3 is 54.8 Å². The monoisotopic (exact) mass is 544 g/mol. The fourth-order valence-electron chi connectivity index (χ4n) is 3.60. The smallest absolute Gasteiger partial charge is 0.343 e. The number of aliphatic hydroxyl groups excluding tert-OH is 7. The molecule has 2 saturated heterocycles. The summed E-state index contributed by atoms with van der Waals surface area (Å²) in [4.78, 5) is 10.4. The lowest BCUT2D eigenvalue weighted by Gasteiger charge is -2.48. The van der Waals surface area contributed by atoms with Crippen molar-refractivity contribution in [1.82, 2.24) is 9.76 Å². The van der Waals surface area contributed by atoms with Crippen LogP contribution in [0.15, 0.2) is 0 Å². The normalized spacial score (nSPS) is 41.8. The highest BCUT2D eigenvalue weighted by Crippen LogP contribution is 2.45. The number of halogens is 2. The molecule has 2 aliphatic rings. The summed E-state index contributed by atoms with van der Waals surface area (Å²) in [5, 5.41) is 72.7. The molecule has 0 aromatic heterocycles. The first-order valence-corrected chi connectivity index (χ1v) is 12.8. The summed E-state index contributed by atoms with van der Waals surface area (Å²) in [6.45, 7) is -1.83. The highest BCUT2D eigenvalue weighted by molar-refractivity contribution is 7.53. The van der Waals surface area contributed by atoms with E-state index in [1.807, 2.05) is 0 Å². The Morgan fingerprint density at radius 1 is 0.879 bits per heavy atom. The van der Waals surface area contributed by atoms with Crippen molar-refractivity contribution >= 4 is 30.9 Å². The van der Waals surface area contributed by atoms with Gasteiger partial charge in [-0.2, -0.15) is 4.67 Å². The lowest BCUT2D eigenvalue weighted by atomic mass is 9.96. The molecule has 2 rings (SSSR count). The molecule has 0 bridgehead atoms. The standard InChI is InChI=1S/C16H31Cl2N2O12P/c17-1-3-19-33(28,29)20(4-2-18)15-12(26)11(25)14(8(6-22)30-15)32-16-13(27)10(24)9(23)7(5-21)31-16/h7-16,21-27H,1-6H2,(H2,19,28,29)/t7-,8-,9+,10+,11-,12-,13-,14-,15+,16+/m1/s1. The second kappa shape index (κ2) is 13.0. The fraction of sp³-hybridized carbons (Fsp3) is 1.00. The maximum absolute atomic E-state index is 12.7. The van der Waals surface area contributed by atoms with Gasteiger partial charge in [0.05, 0.1) is 13.2 Å². The van der Waals surface area contributed by atoms with Crippen LogP contribution in [-0.2, 0) is 18.8 Å². The van der Waals surface area contributed by atoms with Crippen molar-refractivity contribution in [2.75, 3.05) is 38.1 Å². The third-order valence-corrected chi connectivity index (χ3v) is 7.46. The van der Waals surface area contributed by atoms with Crippen molar-refractivity contribution in [2.45, 2.75) is 61.3 Å². The molecule has 0 aromatic carbocycles. The largest absolute Gasteiger partial charge is 0.394 e. The number of aliphatic hydroxyl groups is 7. The Morgan fingerprint density at radius 2 is 1.52 bits per heavy atom. The van der Waals surface area contributed by atoms with Crippen LogP contribution in [0.2, 0.25) is 0 Å². The third-order valence-electron chi connectivity index (χ3n) is 5.35. The molecule has 0 radical (unpaired) electrons. The molecular weight excluding hydrogens is 514 g/mol. The fourth-order valence-corrected chi connectivity index (χ4v) is 5.58. The molecular formula is C16H31Cl2N2O12P. The molecule has 2 fully saturated rings. The van der Waals surface area contributed by atoms with Crippen molar-refractivity contribution in [3.8, 4) is 0 Å². The number of ether oxygens (including phenoxy) is 3. The van der Waals surface area contributed by atoms with Gasteiger partial charge in [0.1, 0.15) is 55.1 Å². The van der Waals surface area contributed by atoms with E-state index in [0.717, 1.165) is 4.67 Å². The molecule has 0 aliphatic carbocycles. The van der Waals surface area contributed by atoms with Gasteiger partial charge in [0.25, 0.3) is 0 Å². The molecule has 196 valence electrons. The van der Waals surface area contributed by atoms with E-state index in [4.69, 9.17) is 37.4 Å². The van der Waals surface area contributed by atoms with E-state index in [0.29, 0.717) is 0 Å². The van der Waals surface area contributed by atoms with E-state index in [9.17, 15) is 45.2 Å². The Labute approximate surface area is 199 Å². The molecule has 2 heterocycles. The molecule has 14 nitrogen and oxygen atoms in total. The molecule has 11 atom stereocenters. The quantitative estimate of drug-likeness (QED) is 0.0895. The van der Waals surface area contributed by atoms with E-state index < -0.39 is 82.2 Å². The van der Waals surface area contributed by atoms with Crippen LogP contribution in [0.25, 0.3) is 0 Å². The average molecular weight is 545 g/mol. The van der Waals surface area contributed by atoms with Gasteiger partial charge in [0.15, 0.2) is 6.29 Å². The summed E-state index contributed by atoms with van der Waals surface area (Å²) in [7, 11) is -4.35. The van der Waals surface area contributed by atoms with E-state index in [1.165, 1.54) is 0 Å². The topological polar surface area (TPSA) is 222 Å². The molecule has 2 aliphatic heterocycles. The van der Waals surface area contributed by atoms with Gasteiger partial charge in [-0.15, -0.1) is 23.2 Å². The van der Waals surface area contributed by atoms with E-state index in [2.05, 4.69) is 5.09 Å². The van der Waals surface area contributed by atoms with Gasteiger partial charge in [-0.25, -0.2) is 5.09 Å². The number of hydrogen-bond acceptors (Lipinski definition) is 11. The molecule has 0 spiro atoms. The number of nitrogens with one attached hydrogen (secondary N) is 1. The Bertz CT molecular complexity index is 653. The van der Waals surface area contributed by atoms with Crippen LogP contribution in [0.3, 0.4) is 0 Å². The molecule has 33 heavy (non-hydrogen) atoms. The van der Waals surface area contributed by atoms with Gasteiger partial charge in [-0.3, -0.25) is 4.57 Å². The third kappa shape index (κ3) is 6.74. The summed E-state index contributed by atoms with van der Waals surface area (Å²) in [6, 6.07) is 0. The van der Waals surface area contributed by atoms with Crippen LogP contribution in [0.4, 0.5) is 0 Å². The number of rotatable bonds is 11. The van der Waals surface area contributed by atoms with Gasteiger partial charge >= 0.3 is 7.67 Å². The summed E-state index contributed by atoms with van der Waals surface area (Å²) < 4.78 is 29.8. The minimum atomic E-state index is -4.35. The second-order valence-corrected chi connectivity index (χ2v) is 10.2. The predicted octanol–water partition coefficient (Wildman–Crippen LogP) is -3.92. The maximum Gasteiger partial charge on any atom is 0.343 e. The molecule has 0 amide bonds. The van der Waals surface area contributed by atoms with Gasteiger partial charge in [0.2, 0.25) is 0 Å². The van der Waals surface area contributed by atoms with Crippen molar-refractivity contribution in [3.05, 3.63) is 0 Å². The summed E-state index contributed by atoms with van der Waals surface area (Å²) in [6.07, 6.45) is -16.4. The zero-order chi connectivity index (χ0) is 24.9. The minimum absolute atomic E-state index is 0.00421. The van der Waals surface area contributed by atoms with E-state index in [-0.39, 0.29) is 24.8 Å². The van der Waals surface area contributed by atoms with Crippen LogP contribution in [0.5, 0.6) is 0 Å². The van der Waals surface area contributed by atoms with Crippen LogP contribution in [0.1, 0.15) is 0 Å². The van der Waals surface area contributed by atoms with E-state index >= 15 is 0 Å². The average Bonchev–Trinajstić information content (AvgIpc) is 2.79. The molecule has 0 aromatic rings. The summed E-state index contributed by atoms with van der Waals surface area (Å²) in [5.74, 6) is -0.144. The van der Waals surface area contributed by atoms with Crippen LogP contribution in [-0.4, -0.2) is 145 Å². The first kappa shape index (κ1) is 29.5. The SMILES string of the molecule is O=P(O)(NCCCl)N(CCCl)[C@H]1O[C@H](CO)[C@@H](O[C@@H]2O[C@H](CO)[C@H](O)[C@H](O)[C@H]2O)[C@H](O)[C@H]1O. The second-order valence-electron chi connectivity index (χ2n) is 7.52. The lowest BCUT2D eigenvalue weighted by Crippen LogP contribution is -2.66. The Morgan fingerprint density at radius 3 is 2.06 bits per heavy atom. The van der Waals surface area contributed by atoms with Gasteiger partial charge in [-0.1, -0.05) is 0 Å². The Balaban J connectivity index is 2.23. The Hall–Kier alpha value is 0.290. The molecule has 17 heteroatoms. The van der Waals surface area contributed by atoms with Gasteiger partial charge in [-0.05, 0) is 0 Å². The number of nitrogens with zero attached hydrogens (tertiary/aromatic N) is 1. The van der Waals surface area contributed by atoms with Crippen molar-refractivity contribution in [1.29, 1.82) is 0 Å². The highest BCUT2D eigenvalue weighted by atomic mass is 35.5. The van der Waals surface area contributed by atoms with Crippen molar-refractivity contribution in [3.63, 3.8) is 0 Å². The number of alkyl halides is 2. The van der Waals surface area contributed by atoms with Crippen molar-refractivity contribution < 1.29 is 59.4 Å². The molecule has 1 unspecified atom stereocenters. The van der Waals surface area contributed by atoms with Crippen LogP contribution < -0.4 is 5.09 Å². The molecule has 9 N–H and O–H groups in total. The van der Waals surface area contributed by atoms with Crippen molar-refractivity contribution in [2.24, 2.45) is 0 Å². The molecule has 0 saturated carbocycles. The predicted molar refractivity (Wildman–Crippen MR) is 112 cm³/mol. The minimum Gasteiger partial charge on any atom is -0.394 e. The summed E-state index contributed by atoms with van der Waals surface area (Å²) >= 11 is 11.3. The number of hydrogen-bond donors (Lipinski definition) is 9. The summed E-state index contributed by atoms with van der Waals surface area (Å²) in [5.41, 5.74) is 0. The van der Waals surface area contributed by atoms with Crippen LogP contribution >= 0.6 is 30.9 Å². The lowest BCUT2D eigenvalue weighted by molar-refractivity contribution is -0.346. The first-order valence-electron chi connectivity index (χ1n) is 10.1. The zero-order valence-corrected chi connectivity index (χ0v) is 19.8.